The first kappa shape index (κ1) is 17.4. The van der Waals surface area contributed by atoms with Crippen molar-refractivity contribution in [1.82, 2.24) is 10.2 Å². The van der Waals surface area contributed by atoms with E-state index in [2.05, 4.69) is 46.0 Å². The third-order valence-corrected chi connectivity index (χ3v) is 5.81. The molecule has 134 valence electrons. The number of benzene rings is 2. The fourth-order valence-corrected chi connectivity index (χ4v) is 4.10. The topological polar surface area (TPSA) is 18.5 Å². The number of halogens is 1. The maximum atomic E-state index is 6.61. The van der Waals surface area contributed by atoms with Crippen LogP contribution < -0.4 is 10.2 Å². The van der Waals surface area contributed by atoms with Crippen LogP contribution in [0.4, 0.5) is 5.69 Å². The summed E-state index contributed by atoms with van der Waals surface area (Å²) in [7, 11) is 0. The van der Waals surface area contributed by atoms with Crippen molar-refractivity contribution in [3.05, 3.63) is 64.7 Å². The molecule has 2 saturated heterocycles. The summed E-state index contributed by atoms with van der Waals surface area (Å²) in [5.41, 5.74) is 3.34. The van der Waals surface area contributed by atoms with Gasteiger partial charge in [-0.1, -0.05) is 41.6 Å². The molecule has 0 aromatic heterocycles. The Balaban J connectivity index is 1.51. The van der Waals surface area contributed by atoms with Crippen molar-refractivity contribution in [2.24, 2.45) is 0 Å². The molecule has 2 aromatic carbocycles. The smallest absolute Gasteiger partial charge is 0.0712 e. The Morgan fingerprint density at radius 1 is 1.04 bits per heavy atom. The van der Waals surface area contributed by atoms with Crippen LogP contribution in [-0.4, -0.2) is 43.3 Å². The lowest BCUT2D eigenvalue weighted by Crippen LogP contribution is -2.66. The number of fused-ring (bicyclic) bond motifs is 1. The minimum Gasteiger partial charge on any atom is -0.357 e. The molecule has 1 N–H and O–H groups in total. The quantitative estimate of drug-likeness (QED) is 0.779. The molecule has 0 unspecified atom stereocenters. The molecule has 2 aliphatic rings. The molecule has 2 aromatic rings. The zero-order valence-electron chi connectivity index (χ0n) is 15.1. The fraction of sp³-hybridized carbons (Fsp3) is 0.364. The van der Waals surface area contributed by atoms with Crippen LogP contribution in [0.3, 0.4) is 0 Å². The van der Waals surface area contributed by atoms with Crippen LogP contribution in [0.1, 0.15) is 24.5 Å². The Morgan fingerprint density at radius 2 is 1.85 bits per heavy atom. The van der Waals surface area contributed by atoms with E-state index >= 15 is 0 Å². The summed E-state index contributed by atoms with van der Waals surface area (Å²) in [4.78, 5) is 4.97. The van der Waals surface area contributed by atoms with Crippen molar-refractivity contribution in [3.8, 4) is 11.8 Å². The molecule has 1 atom stereocenters. The average molecular weight is 366 g/mol. The van der Waals surface area contributed by atoms with Gasteiger partial charge in [0.15, 0.2) is 0 Å². The van der Waals surface area contributed by atoms with Crippen molar-refractivity contribution in [1.29, 1.82) is 0 Å². The van der Waals surface area contributed by atoms with Gasteiger partial charge in [-0.15, -0.1) is 0 Å². The largest absolute Gasteiger partial charge is 0.357 e. The van der Waals surface area contributed by atoms with E-state index in [-0.39, 0.29) is 5.54 Å². The molecule has 0 bridgehead atoms. The highest BCUT2D eigenvalue weighted by molar-refractivity contribution is 6.33. The molecule has 0 saturated carbocycles. The first-order valence-electron chi connectivity index (χ1n) is 9.21. The summed E-state index contributed by atoms with van der Waals surface area (Å²) in [5, 5.41) is 4.31. The lowest BCUT2D eigenvalue weighted by Gasteiger charge is -2.52. The van der Waals surface area contributed by atoms with Gasteiger partial charge < -0.3 is 10.2 Å². The van der Waals surface area contributed by atoms with Gasteiger partial charge in [-0.3, -0.25) is 4.90 Å². The molecule has 0 aliphatic carbocycles. The van der Waals surface area contributed by atoms with E-state index in [4.69, 9.17) is 11.6 Å². The van der Waals surface area contributed by atoms with Crippen LogP contribution >= 0.6 is 11.6 Å². The van der Waals surface area contributed by atoms with Gasteiger partial charge in [0, 0.05) is 42.8 Å². The van der Waals surface area contributed by atoms with Gasteiger partial charge in [-0.05, 0) is 43.7 Å². The van der Waals surface area contributed by atoms with E-state index in [1.807, 2.05) is 36.4 Å². The standard InChI is InChI=1S/C22H24ClN3/c1-22-11-13-25(17-26(22)14-12-24-16-22)21-10-9-19(15-20(21)23)8-7-18-5-3-2-4-6-18/h2-6,9-10,15,24H,11-14,16-17H2,1H3/t22-/m1/s1. The zero-order valence-corrected chi connectivity index (χ0v) is 15.9. The van der Waals surface area contributed by atoms with Crippen molar-refractivity contribution in [3.63, 3.8) is 0 Å². The highest BCUT2D eigenvalue weighted by Gasteiger charge is 2.38. The van der Waals surface area contributed by atoms with Crippen LogP contribution in [0.2, 0.25) is 5.02 Å². The second-order valence-corrected chi connectivity index (χ2v) is 7.78. The van der Waals surface area contributed by atoms with Gasteiger partial charge in [-0.25, -0.2) is 0 Å². The number of hydrogen-bond donors (Lipinski definition) is 1. The molecular formula is C22H24ClN3. The highest BCUT2D eigenvalue weighted by Crippen LogP contribution is 2.33. The monoisotopic (exact) mass is 365 g/mol. The average Bonchev–Trinajstić information content (AvgIpc) is 2.67. The van der Waals surface area contributed by atoms with E-state index in [1.165, 1.54) is 0 Å². The van der Waals surface area contributed by atoms with Crippen LogP contribution in [0.5, 0.6) is 0 Å². The van der Waals surface area contributed by atoms with E-state index in [9.17, 15) is 0 Å². The molecule has 26 heavy (non-hydrogen) atoms. The first-order valence-corrected chi connectivity index (χ1v) is 9.59. The van der Waals surface area contributed by atoms with Crippen molar-refractivity contribution >= 4 is 17.3 Å². The van der Waals surface area contributed by atoms with Crippen LogP contribution in [0, 0.1) is 11.8 Å². The Morgan fingerprint density at radius 3 is 2.65 bits per heavy atom. The van der Waals surface area contributed by atoms with Crippen molar-refractivity contribution in [2.75, 3.05) is 37.7 Å². The summed E-state index contributed by atoms with van der Waals surface area (Å²) in [6, 6.07) is 16.2. The van der Waals surface area contributed by atoms with Crippen molar-refractivity contribution in [2.45, 2.75) is 18.9 Å². The van der Waals surface area contributed by atoms with Crippen molar-refractivity contribution < 1.29 is 0 Å². The lowest BCUT2D eigenvalue weighted by molar-refractivity contribution is 0.0476. The van der Waals surface area contributed by atoms with E-state index in [0.29, 0.717) is 0 Å². The Labute approximate surface area is 160 Å². The number of nitrogens with zero attached hydrogens (tertiary/aromatic N) is 2. The lowest BCUT2D eigenvalue weighted by atomic mass is 9.91. The maximum absolute atomic E-state index is 6.61. The molecule has 4 heteroatoms. The maximum Gasteiger partial charge on any atom is 0.0712 e. The van der Waals surface area contributed by atoms with Gasteiger partial charge >= 0.3 is 0 Å². The molecule has 2 fully saturated rings. The van der Waals surface area contributed by atoms with E-state index < -0.39 is 0 Å². The van der Waals surface area contributed by atoms with Gasteiger partial charge in [0.2, 0.25) is 0 Å². The zero-order chi connectivity index (χ0) is 18.0. The van der Waals surface area contributed by atoms with E-state index in [1.54, 1.807) is 0 Å². The van der Waals surface area contributed by atoms with Crippen LogP contribution in [-0.2, 0) is 0 Å². The Hall–Kier alpha value is -1.99. The molecule has 4 rings (SSSR count). The molecule has 2 heterocycles. The summed E-state index contributed by atoms with van der Waals surface area (Å²) >= 11 is 6.61. The van der Waals surface area contributed by atoms with Gasteiger partial charge in [0.1, 0.15) is 0 Å². The molecule has 0 radical (unpaired) electrons. The minimum atomic E-state index is 0.266. The van der Waals surface area contributed by atoms with Crippen LogP contribution in [0.25, 0.3) is 0 Å². The number of nitrogens with one attached hydrogen (secondary N) is 1. The normalized spacial score (nSPS) is 23.1. The number of hydrogen-bond acceptors (Lipinski definition) is 3. The highest BCUT2D eigenvalue weighted by atomic mass is 35.5. The number of piperazine rings is 1. The van der Waals surface area contributed by atoms with Gasteiger partial charge in [0.05, 0.1) is 17.4 Å². The summed E-state index contributed by atoms with van der Waals surface area (Å²) in [6.45, 7) is 7.55. The van der Waals surface area contributed by atoms with Gasteiger partial charge in [-0.2, -0.15) is 0 Å². The summed E-state index contributed by atoms with van der Waals surface area (Å²) < 4.78 is 0. The van der Waals surface area contributed by atoms with Gasteiger partial charge in [0.25, 0.3) is 0 Å². The molecular weight excluding hydrogens is 342 g/mol. The molecule has 2 aliphatic heterocycles. The summed E-state index contributed by atoms with van der Waals surface area (Å²) in [6.07, 6.45) is 1.14. The molecule has 3 nitrogen and oxygen atoms in total. The summed E-state index contributed by atoms with van der Waals surface area (Å²) in [5.74, 6) is 6.40. The Kier molecular flexibility index (Phi) is 4.91. The predicted molar refractivity (Wildman–Crippen MR) is 109 cm³/mol. The Bertz CT molecular complexity index is 839. The molecule has 0 spiro atoms. The second-order valence-electron chi connectivity index (χ2n) is 7.37. The minimum absolute atomic E-state index is 0.266. The predicted octanol–water partition coefficient (Wildman–Crippen LogP) is 3.57. The fourth-order valence-electron chi connectivity index (χ4n) is 3.80. The van der Waals surface area contributed by atoms with E-state index in [0.717, 1.165) is 61.1 Å². The first-order chi connectivity index (χ1) is 12.6. The molecule has 0 amide bonds. The third kappa shape index (κ3) is 3.59. The number of rotatable bonds is 1. The second kappa shape index (κ2) is 7.32. The number of anilines is 1. The third-order valence-electron chi connectivity index (χ3n) is 5.50. The SMILES string of the molecule is C[C@]12CCN(c3ccc(C#Cc4ccccc4)cc3Cl)CN1CCNC2. The van der Waals surface area contributed by atoms with Crippen LogP contribution in [0.15, 0.2) is 48.5 Å².